The number of para-hydroxylation sites is 2. The second-order valence-corrected chi connectivity index (χ2v) is 12.0. The summed E-state index contributed by atoms with van der Waals surface area (Å²) >= 11 is 6.01. The zero-order chi connectivity index (χ0) is 29.4. The average Bonchev–Trinajstić information content (AvgIpc) is 2.90. The van der Waals surface area contributed by atoms with Gasteiger partial charge in [0.15, 0.2) is 0 Å². The van der Waals surface area contributed by atoms with E-state index in [4.69, 9.17) is 16.3 Å². The number of nitrogens with one attached hydrogen (secondary N) is 1. The first kappa shape index (κ1) is 31.0. The lowest BCUT2D eigenvalue weighted by Crippen LogP contribution is -2.52. The monoisotopic (exact) mass is 585 g/mol. The third-order valence-corrected chi connectivity index (χ3v) is 8.17. The predicted octanol–water partition coefficient (Wildman–Crippen LogP) is 5.18. The van der Waals surface area contributed by atoms with Gasteiger partial charge in [0, 0.05) is 17.6 Å². The molecule has 0 aliphatic rings. The van der Waals surface area contributed by atoms with Crippen molar-refractivity contribution < 1.29 is 22.7 Å². The van der Waals surface area contributed by atoms with Crippen LogP contribution in [0.1, 0.15) is 38.8 Å². The second-order valence-electron chi connectivity index (χ2n) is 9.72. The lowest BCUT2D eigenvalue weighted by Gasteiger charge is -2.32. The largest absolute Gasteiger partial charge is 0.492 e. The molecule has 0 spiro atoms. The number of nitrogens with zero attached hydrogens (tertiary/aromatic N) is 2. The quantitative estimate of drug-likeness (QED) is 0.316. The number of anilines is 1. The molecule has 1 unspecified atom stereocenters. The van der Waals surface area contributed by atoms with E-state index in [0.29, 0.717) is 17.4 Å². The summed E-state index contributed by atoms with van der Waals surface area (Å²) in [6.45, 7) is 8.90. The van der Waals surface area contributed by atoms with Crippen molar-refractivity contribution in [2.24, 2.45) is 0 Å². The van der Waals surface area contributed by atoms with Crippen molar-refractivity contribution in [3.05, 3.63) is 88.9 Å². The highest BCUT2D eigenvalue weighted by Gasteiger charge is 2.34. The van der Waals surface area contributed by atoms with Gasteiger partial charge in [-0.1, -0.05) is 53.6 Å². The molecule has 2 amide bonds. The van der Waals surface area contributed by atoms with E-state index in [1.54, 1.807) is 38.1 Å². The molecule has 3 aromatic carbocycles. The minimum absolute atomic E-state index is 0.0353. The Hall–Kier alpha value is -3.56. The third-order valence-electron chi connectivity index (χ3n) is 6.15. The molecule has 214 valence electrons. The smallest absolute Gasteiger partial charge is 0.264 e. The molecule has 3 rings (SSSR count). The fourth-order valence-electron chi connectivity index (χ4n) is 4.18. The summed E-state index contributed by atoms with van der Waals surface area (Å²) in [6.07, 6.45) is 0. The van der Waals surface area contributed by atoms with Crippen LogP contribution in [0.4, 0.5) is 5.69 Å². The van der Waals surface area contributed by atoms with Gasteiger partial charge in [0.1, 0.15) is 18.3 Å². The average molecular weight is 586 g/mol. The van der Waals surface area contributed by atoms with Crippen molar-refractivity contribution in [1.29, 1.82) is 0 Å². The van der Waals surface area contributed by atoms with E-state index in [-0.39, 0.29) is 29.1 Å². The Kier molecular flexibility index (Phi) is 10.6. The highest BCUT2D eigenvalue weighted by atomic mass is 35.5. The third kappa shape index (κ3) is 7.76. The standard InChI is InChI=1S/C30H36ClN3O5S/c1-6-39-28-13-8-7-12-27(28)34(40(37,38)26-16-14-25(31)15-17-26)20-29(35)33(23(5)30(36)32-21(2)3)19-24-11-9-10-22(4)18-24/h7-18,21,23H,6,19-20H2,1-5H3,(H,32,36). The Morgan fingerprint density at radius 1 is 0.975 bits per heavy atom. The first-order chi connectivity index (χ1) is 18.9. The number of ether oxygens (including phenoxy) is 1. The minimum atomic E-state index is -4.24. The van der Waals surface area contributed by atoms with Crippen molar-refractivity contribution in [1.82, 2.24) is 10.2 Å². The lowest BCUT2D eigenvalue weighted by molar-refractivity contribution is -0.139. The van der Waals surface area contributed by atoms with Crippen LogP contribution in [-0.2, 0) is 26.2 Å². The van der Waals surface area contributed by atoms with Gasteiger partial charge in [-0.3, -0.25) is 13.9 Å². The van der Waals surface area contributed by atoms with Gasteiger partial charge < -0.3 is 15.0 Å². The van der Waals surface area contributed by atoms with E-state index in [9.17, 15) is 18.0 Å². The molecule has 0 aliphatic carbocycles. The molecule has 1 atom stereocenters. The number of amides is 2. The molecule has 0 aliphatic heterocycles. The van der Waals surface area contributed by atoms with E-state index in [1.165, 1.54) is 29.2 Å². The van der Waals surface area contributed by atoms with Crippen LogP contribution in [0.5, 0.6) is 5.75 Å². The van der Waals surface area contributed by atoms with Crippen LogP contribution in [0, 0.1) is 6.92 Å². The normalized spacial score (nSPS) is 12.1. The number of hydrogen-bond donors (Lipinski definition) is 1. The second kappa shape index (κ2) is 13.7. The number of carbonyl (C=O) groups excluding carboxylic acids is 2. The summed E-state index contributed by atoms with van der Waals surface area (Å²) in [4.78, 5) is 28.4. The molecule has 40 heavy (non-hydrogen) atoms. The molecule has 0 heterocycles. The summed E-state index contributed by atoms with van der Waals surface area (Å²) in [5, 5.41) is 3.23. The van der Waals surface area contributed by atoms with Gasteiger partial charge in [0.05, 0.1) is 17.2 Å². The van der Waals surface area contributed by atoms with E-state index < -0.39 is 28.5 Å². The first-order valence-corrected chi connectivity index (χ1v) is 14.9. The fourth-order valence-corrected chi connectivity index (χ4v) is 5.73. The Balaban J connectivity index is 2.09. The van der Waals surface area contributed by atoms with E-state index in [0.717, 1.165) is 15.4 Å². The van der Waals surface area contributed by atoms with Gasteiger partial charge >= 0.3 is 0 Å². The highest BCUT2D eigenvalue weighted by Crippen LogP contribution is 2.33. The van der Waals surface area contributed by atoms with Crippen LogP contribution in [0.15, 0.2) is 77.7 Å². The summed E-state index contributed by atoms with van der Waals surface area (Å²) in [5.41, 5.74) is 2.03. The van der Waals surface area contributed by atoms with Crippen molar-refractivity contribution in [3.8, 4) is 5.75 Å². The number of rotatable bonds is 12. The fraction of sp³-hybridized carbons (Fsp3) is 0.333. The molecule has 0 saturated heterocycles. The summed E-state index contributed by atoms with van der Waals surface area (Å²) in [6, 6.07) is 19.0. The summed E-state index contributed by atoms with van der Waals surface area (Å²) in [5.74, 6) is -0.569. The van der Waals surface area contributed by atoms with Gasteiger partial charge in [0.2, 0.25) is 11.8 Å². The number of carbonyl (C=O) groups is 2. The molecule has 8 nitrogen and oxygen atoms in total. The Labute approximate surface area is 241 Å². The number of benzene rings is 3. The molecule has 0 saturated carbocycles. The van der Waals surface area contributed by atoms with Gasteiger partial charge in [-0.25, -0.2) is 8.42 Å². The maximum absolute atomic E-state index is 14.0. The Morgan fingerprint density at radius 2 is 1.65 bits per heavy atom. The summed E-state index contributed by atoms with van der Waals surface area (Å²) in [7, 11) is -4.24. The Morgan fingerprint density at radius 3 is 2.27 bits per heavy atom. The van der Waals surface area contributed by atoms with Gasteiger partial charge in [-0.2, -0.15) is 0 Å². The van der Waals surface area contributed by atoms with E-state index >= 15 is 0 Å². The minimum Gasteiger partial charge on any atom is -0.492 e. The van der Waals surface area contributed by atoms with Crippen molar-refractivity contribution in [2.45, 2.75) is 58.1 Å². The van der Waals surface area contributed by atoms with Crippen LogP contribution in [-0.4, -0.2) is 50.4 Å². The molecule has 3 aromatic rings. The molecule has 1 N–H and O–H groups in total. The number of hydrogen-bond acceptors (Lipinski definition) is 5. The summed E-state index contributed by atoms with van der Waals surface area (Å²) < 4.78 is 34.7. The molecule has 0 radical (unpaired) electrons. The SMILES string of the molecule is CCOc1ccccc1N(CC(=O)N(Cc1cccc(C)c1)C(C)C(=O)NC(C)C)S(=O)(=O)c1ccc(Cl)cc1. The van der Waals surface area contributed by atoms with E-state index in [2.05, 4.69) is 5.32 Å². The molecular formula is C30H36ClN3O5S. The van der Waals surface area contributed by atoms with Gasteiger partial charge in [0.25, 0.3) is 10.0 Å². The molecule has 0 fully saturated rings. The zero-order valence-electron chi connectivity index (χ0n) is 23.4. The first-order valence-electron chi connectivity index (χ1n) is 13.1. The number of halogens is 1. The molecular weight excluding hydrogens is 550 g/mol. The highest BCUT2D eigenvalue weighted by molar-refractivity contribution is 7.92. The maximum Gasteiger partial charge on any atom is 0.264 e. The van der Waals surface area contributed by atoms with Gasteiger partial charge in [-0.15, -0.1) is 0 Å². The van der Waals surface area contributed by atoms with Crippen molar-refractivity contribution in [2.75, 3.05) is 17.5 Å². The Bertz CT molecular complexity index is 1430. The lowest BCUT2D eigenvalue weighted by atomic mass is 10.1. The predicted molar refractivity (Wildman–Crippen MR) is 158 cm³/mol. The van der Waals surface area contributed by atoms with Crippen LogP contribution < -0.4 is 14.4 Å². The molecule has 0 aromatic heterocycles. The number of sulfonamides is 1. The van der Waals surface area contributed by atoms with Crippen molar-refractivity contribution >= 4 is 39.1 Å². The van der Waals surface area contributed by atoms with Gasteiger partial charge in [-0.05, 0) is 76.6 Å². The molecule has 10 heteroatoms. The maximum atomic E-state index is 14.0. The zero-order valence-corrected chi connectivity index (χ0v) is 25.0. The molecule has 0 bridgehead atoms. The topological polar surface area (TPSA) is 96.0 Å². The van der Waals surface area contributed by atoms with Crippen LogP contribution in [0.3, 0.4) is 0 Å². The van der Waals surface area contributed by atoms with Crippen LogP contribution in [0.25, 0.3) is 0 Å². The van der Waals surface area contributed by atoms with Crippen LogP contribution in [0.2, 0.25) is 5.02 Å². The van der Waals surface area contributed by atoms with E-state index in [1.807, 2.05) is 45.0 Å². The van der Waals surface area contributed by atoms with Crippen LogP contribution >= 0.6 is 11.6 Å². The van der Waals surface area contributed by atoms with Crippen molar-refractivity contribution in [3.63, 3.8) is 0 Å². The number of aryl methyl sites for hydroxylation is 1.